The molecular weight excluding hydrogens is 1010 g/mol. The highest BCUT2D eigenvalue weighted by Crippen LogP contribution is 2.45. The second-order valence-corrected chi connectivity index (χ2v) is 20.7. The highest BCUT2D eigenvalue weighted by Gasteiger charge is 2.21. The van der Waals surface area contributed by atoms with Gasteiger partial charge in [0.25, 0.3) is 0 Å². The van der Waals surface area contributed by atoms with Crippen LogP contribution in [-0.2, 0) is 0 Å². The van der Waals surface area contributed by atoms with Crippen molar-refractivity contribution in [3.63, 3.8) is 0 Å². The van der Waals surface area contributed by atoms with E-state index in [4.69, 9.17) is 0 Å². The Morgan fingerprint density at radius 2 is 0.253 bits per heavy atom. The fraction of sp³-hybridized carbons (Fsp3) is 0. The number of hydrogen-bond donors (Lipinski definition) is 0. The summed E-state index contributed by atoms with van der Waals surface area (Å²) in [6.07, 6.45) is 0. The number of fused-ring (bicyclic) bond motifs is 3. The molecule has 0 aliphatic carbocycles. The Morgan fingerprint density at radius 3 is 0.458 bits per heavy atom. The van der Waals surface area contributed by atoms with Gasteiger partial charge in [-0.1, -0.05) is 164 Å². The summed E-state index contributed by atoms with van der Waals surface area (Å²) in [5.41, 5.74) is 16.0. The lowest BCUT2D eigenvalue weighted by Crippen LogP contribution is -2.14. The molecule has 0 N–H and O–H groups in total. The number of benzene rings is 14. The van der Waals surface area contributed by atoms with Crippen LogP contribution < -0.4 is 24.5 Å². The first kappa shape index (κ1) is 50.1. The first-order chi connectivity index (χ1) is 41.1. The highest BCUT2D eigenvalue weighted by molar-refractivity contribution is 5.93. The maximum atomic E-state index is 2.36. The molecule has 83 heavy (non-hydrogen) atoms. The molecule has 0 saturated carbocycles. The van der Waals surface area contributed by atoms with Crippen molar-refractivity contribution in [3.8, 4) is 0 Å². The third kappa shape index (κ3) is 10.3. The van der Waals surface area contributed by atoms with E-state index in [-0.39, 0.29) is 0 Å². The van der Waals surface area contributed by atoms with Crippen molar-refractivity contribution >= 4 is 118 Å². The maximum absolute atomic E-state index is 2.36. The standard InChI is InChI=1S/C78H57N5/c1-5-25-64(26-6-1)79(69-43-49-73(50-44-69)81(65-27-7-2-8-28-65)76-36-33-58-19-13-16-22-61(58)55-76)68-39-41-70(42-40-68)80(71-45-51-74(52-46-71)82(66-29-9-3-10-30-66)77-37-34-59-20-14-17-23-62(59)56-77)72-47-53-75(54-48-72)83(67-31-11-4-12-32-67)78-38-35-60-21-15-18-24-63(60)57-78/h1-57H. The molecule has 0 aliphatic rings. The summed E-state index contributed by atoms with van der Waals surface area (Å²) in [5.74, 6) is 0. The van der Waals surface area contributed by atoms with Gasteiger partial charge in [0.2, 0.25) is 0 Å². The van der Waals surface area contributed by atoms with Crippen molar-refractivity contribution in [2.24, 2.45) is 0 Å². The molecule has 0 aliphatic heterocycles. The Bertz CT molecular complexity index is 4310. The van der Waals surface area contributed by atoms with Crippen LogP contribution in [0.15, 0.2) is 346 Å². The van der Waals surface area contributed by atoms with Gasteiger partial charge in [0, 0.05) is 85.3 Å². The zero-order valence-corrected chi connectivity index (χ0v) is 45.6. The molecular formula is C78H57N5. The third-order valence-corrected chi connectivity index (χ3v) is 15.5. The topological polar surface area (TPSA) is 16.2 Å². The van der Waals surface area contributed by atoms with E-state index in [0.717, 1.165) is 85.3 Å². The number of rotatable bonds is 15. The van der Waals surface area contributed by atoms with Crippen LogP contribution in [0, 0.1) is 0 Å². The van der Waals surface area contributed by atoms with Crippen LogP contribution in [0.1, 0.15) is 0 Å². The van der Waals surface area contributed by atoms with E-state index in [1.54, 1.807) is 0 Å². The normalized spacial score (nSPS) is 11.1. The first-order valence-electron chi connectivity index (χ1n) is 28.2. The van der Waals surface area contributed by atoms with E-state index in [9.17, 15) is 0 Å². The lowest BCUT2D eigenvalue weighted by Gasteiger charge is -2.30. The second kappa shape index (κ2) is 22.5. The molecule has 5 heteroatoms. The molecule has 0 amide bonds. The molecule has 0 heterocycles. The van der Waals surface area contributed by atoms with Gasteiger partial charge in [-0.25, -0.2) is 0 Å². The summed E-state index contributed by atoms with van der Waals surface area (Å²) < 4.78 is 0. The Kier molecular flexibility index (Phi) is 13.6. The predicted molar refractivity (Wildman–Crippen MR) is 352 cm³/mol. The molecule has 5 nitrogen and oxygen atoms in total. The Balaban J connectivity index is 0.851. The summed E-state index contributed by atoms with van der Waals surface area (Å²) in [6.45, 7) is 0. The number of anilines is 15. The van der Waals surface area contributed by atoms with Gasteiger partial charge in [-0.2, -0.15) is 0 Å². The molecule has 14 aromatic rings. The average molecular weight is 1060 g/mol. The van der Waals surface area contributed by atoms with Gasteiger partial charge in [0.1, 0.15) is 0 Å². The van der Waals surface area contributed by atoms with E-state index in [1.165, 1.54) is 32.3 Å². The van der Waals surface area contributed by atoms with E-state index in [0.29, 0.717) is 0 Å². The van der Waals surface area contributed by atoms with E-state index in [1.807, 2.05) is 0 Å². The Hall–Kier alpha value is -11.1. The SMILES string of the molecule is c1ccc(N(c2ccc(N(c3ccc(N(c4ccccc4)c4ccc5ccccc5c4)cc3)c3ccc(N(c4ccccc4)c4ccc5ccccc5c4)cc3)cc2)c2ccc(N(c3ccccc3)c3ccc4ccccc4c3)cc2)cc1. The maximum Gasteiger partial charge on any atom is 0.0468 e. The van der Waals surface area contributed by atoms with Gasteiger partial charge in [-0.3, -0.25) is 0 Å². The molecule has 0 fully saturated rings. The van der Waals surface area contributed by atoms with Crippen molar-refractivity contribution in [3.05, 3.63) is 346 Å². The van der Waals surface area contributed by atoms with Gasteiger partial charge < -0.3 is 24.5 Å². The monoisotopic (exact) mass is 1060 g/mol. The molecule has 0 unspecified atom stereocenters. The van der Waals surface area contributed by atoms with Gasteiger partial charge in [0.15, 0.2) is 0 Å². The minimum atomic E-state index is 1.02. The van der Waals surface area contributed by atoms with Crippen LogP contribution in [0.4, 0.5) is 85.3 Å². The van der Waals surface area contributed by atoms with Crippen LogP contribution >= 0.6 is 0 Å². The van der Waals surface area contributed by atoms with Crippen LogP contribution in [0.5, 0.6) is 0 Å². The van der Waals surface area contributed by atoms with Gasteiger partial charge in [0.05, 0.1) is 0 Å². The molecule has 14 rings (SSSR count). The average Bonchev–Trinajstić information content (AvgIpc) is 3.74. The summed E-state index contributed by atoms with van der Waals surface area (Å²) in [7, 11) is 0. The zero-order valence-electron chi connectivity index (χ0n) is 45.6. The molecule has 394 valence electrons. The quantitative estimate of drug-likeness (QED) is 0.101. The Labute approximate surface area is 485 Å². The summed E-state index contributed by atoms with van der Waals surface area (Å²) in [4.78, 5) is 11.7. The smallest absolute Gasteiger partial charge is 0.0468 e. The van der Waals surface area contributed by atoms with Crippen molar-refractivity contribution in [1.29, 1.82) is 0 Å². The summed E-state index contributed by atoms with van der Waals surface area (Å²) in [6, 6.07) is 124. The third-order valence-electron chi connectivity index (χ3n) is 15.5. The largest absolute Gasteiger partial charge is 0.311 e. The predicted octanol–water partition coefficient (Wildman–Crippen LogP) is 22.5. The number of para-hydroxylation sites is 4. The molecule has 0 atom stereocenters. The van der Waals surface area contributed by atoms with E-state index in [2.05, 4.69) is 370 Å². The Morgan fingerprint density at radius 1 is 0.108 bits per heavy atom. The minimum Gasteiger partial charge on any atom is -0.311 e. The summed E-state index contributed by atoms with van der Waals surface area (Å²) >= 11 is 0. The van der Waals surface area contributed by atoms with Crippen molar-refractivity contribution in [2.45, 2.75) is 0 Å². The summed E-state index contributed by atoms with van der Waals surface area (Å²) in [5, 5.41) is 7.23. The fourth-order valence-corrected chi connectivity index (χ4v) is 11.5. The highest BCUT2D eigenvalue weighted by atomic mass is 15.2. The lowest BCUT2D eigenvalue weighted by molar-refractivity contribution is 1.24. The van der Waals surface area contributed by atoms with Crippen LogP contribution in [0.25, 0.3) is 32.3 Å². The van der Waals surface area contributed by atoms with Crippen LogP contribution in [0.3, 0.4) is 0 Å². The minimum absolute atomic E-state index is 1.02. The molecule has 0 bridgehead atoms. The zero-order chi connectivity index (χ0) is 55.3. The van der Waals surface area contributed by atoms with Gasteiger partial charge in [-0.15, -0.1) is 0 Å². The lowest BCUT2D eigenvalue weighted by atomic mass is 10.1. The molecule has 14 aromatic carbocycles. The fourth-order valence-electron chi connectivity index (χ4n) is 11.5. The first-order valence-corrected chi connectivity index (χ1v) is 28.2. The second-order valence-electron chi connectivity index (χ2n) is 20.7. The molecule has 0 saturated heterocycles. The number of nitrogens with zero attached hydrogens (tertiary/aromatic N) is 5. The van der Waals surface area contributed by atoms with Crippen molar-refractivity contribution in [2.75, 3.05) is 24.5 Å². The number of hydrogen-bond acceptors (Lipinski definition) is 5. The van der Waals surface area contributed by atoms with Gasteiger partial charge in [-0.05, 0) is 214 Å². The van der Waals surface area contributed by atoms with Crippen LogP contribution in [0.2, 0.25) is 0 Å². The van der Waals surface area contributed by atoms with E-state index < -0.39 is 0 Å². The van der Waals surface area contributed by atoms with Gasteiger partial charge >= 0.3 is 0 Å². The van der Waals surface area contributed by atoms with E-state index >= 15 is 0 Å². The van der Waals surface area contributed by atoms with Crippen molar-refractivity contribution < 1.29 is 0 Å². The molecule has 0 spiro atoms. The molecule has 0 aromatic heterocycles. The van der Waals surface area contributed by atoms with Crippen LogP contribution in [-0.4, -0.2) is 0 Å². The molecule has 0 radical (unpaired) electrons. The van der Waals surface area contributed by atoms with Crippen molar-refractivity contribution in [1.82, 2.24) is 0 Å².